The maximum Gasteiger partial charge on any atom is 0.160 e. The van der Waals surface area contributed by atoms with Crippen molar-refractivity contribution in [2.24, 2.45) is 5.73 Å². The Morgan fingerprint density at radius 3 is 2.78 bits per heavy atom. The highest BCUT2D eigenvalue weighted by atomic mass is 15.2. The minimum atomic E-state index is 0.0883. The van der Waals surface area contributed by atoms with Crippen molar-refractivity contribution < 1.29 is 0 Å². The van der Waals surface area contributed by atoms with E-state index in [-0.39, 0.29) is 5.41 Å². The van der Waals surface area contributed by atoms with Crippen LogP contribution in [0.3, 0.4) is 0 Å². The number of hydrogen-bond acceptors (Lipinski definition) is 3. The highest BCUT2D eigenvalue weighted by Crippen LogP contribution is 2.43. The predicted octanol–water partition coefficient (Wildman–Crippen LogP) is 2.39. The molecular formula is C14H20N4. The van der Waals surface area contributed by atoms with Crippen LogP contribution in [0.1, 0.15) is 45.0 Å². The molecule has 1 aliphatic rings. The third-order valence-electron chi connectivity index (χ3n) is 4.14. The molecule has 2 N–H and O–H groups in total. The summed E-state index contributed by atoms with van der Waals surface area (Å²) in [7, 11) is 0. The lowest BCUT2D eigenvalue weighted by Gasteiger charge is -2.40. The summed E-state index contributed by atoms with van der Waals surface area (Å²) in [6.45, 7) is 5.05. The molecule has 0 spiro atoms. The molecule has 1 saturated carbocycles. The van der Waals surface area contributed by atoms with Crippen LogP contribution in [0.25, 0.3) is 11.2 Å². The summed E-state index contributed by atoms with van der Waals surface area (Å²) in [6, 6.07) is 4.34. The van der Waals surface area contributed by atoms with Crippen molar-refractivity contribution in [2.75, 3.05) is 6.54 Å². The minimum absolute atomic E-state index is 0.0883. The van der Waals surface area contributed by atoms with Crippen molar-refractivity contribution in [3.05, 3.63) is 24.2 Å². The summed E-state index contributed by atoms with van der Waals surface area (Å²) in [6.07, 6.45) is 5.40. The van der Waals surface area contributed by atoms with Gasteiger partial charge in [-0.2, -0.15) is 0 Å². The Bertz CT molecular complexity index is 561. The van der Waals surface area contributed by atoms with Gasteiger partial charge in [0, 0.05) is 24.2 Å². The molecule has 0 unspecified atom stereocenters. The summed E-state index contributed by atoms with van der Waals surface area (Å²) in [4.78, 5) is 9.31. The molecule has 3 rings (SSSR count). The number of rotatable bonds is 3. The Labute approximate surface area is 107 Å². The van der Waals surface area contributed by atoms with Gasteiger partial charge in [-0.05, 0) is 38.8 Å². The first-order valence-electron chi connectivity index (χ1n) is 6.71. The van der Waals surface area contributed by atoms with Gasteiger partial charge < -0.3 is 10.3 Å². The molecule has 0 saturated heterocycles. The quantitative estimate of drug-likeness (QED) is 0.902. The zero-order chi connectivity index (χ0) is 12.8. The summed E-state index contributed by atoms with van der Waals surface area (Å²) >= 11 is 0. The standard InChI is InChI=1S/C14H20N4/c1-10(2)18-12-11(5-3-8-16-12)17-13(18)14(9-15)6-4-7-14/h3,5,8,10H,4,6-7,9,15H2,1-2H3. The van der Waals surface area contributed by atoms with Crippen molar-refractivity contribution in [2.45, 2.75) is 44.6 Å². The molecule has 0 bridgehead atoms. The lowest BCUT2D eigenvalue weighted by molar-refractivity contribution is 0.228. The van der Waals surface area contributed by atoms with Gasteiger partial charge in [0.05, 0.1) is 0 Å². The molecule has 1 aliphatic carbocycles. The van der Waals surface area contributed by atoms with Crippen molar-refractivity contribution >= 4 is 11.2 Å². The normalized spacial score (nSPS) is 18.2. The molecule has 18 heavy (non-hydrogen) atoms. The van der Waals surface area contributed by atoms with Crippen LogP contribution in [-0.2, 0) is 5.41 Å². The molecule has 4 nitrogen and oxygen atoms in total. The van der Waals surface area contributed by atoms with E-state index in [0.29, 0.717) is 12.6 Å². The number of nitrogens with two attached hydrogens (primary N) is 1. The van der Waals surface area contributed by atoms with Crippen LogP contribution in [0.4, 0.5) is 0 Å². The zero-order valence-corrected chi connectivity index (χ0v) is 11.1. The fraction of sp³-hybridized carbons (Fsp3) is 0.571. The van der Waals surface area contributed by atoms with Crippen molar-refractivity contribution in [3.63, 3.8) is 0 Å². The van der Waals surface area contributed by atoms with E-state index in [1.807, 2.05) is 18.3 Å². The van der Waals surface area contributed by atoms with E-state index in [1.165, 1.54) is 6.42 Å². The van der Waals surface area contributed by atoms with Crippen LogP contribution < -0.4 is 5.73 Å². The van der Waals surface area contributed by atoms with Gasteiger partial charge in [-0.3, -0.25) is 0 Å². The Morgan fingerprint density at radius 2 is 2.22 bits per heavy atom. The molecule has 2 aromatic rings. The van der Waals surface area contributed by atoms with Crippen molar-refractivity contribution in [3.8, 4) is 0 Å². The number of aromatic nitrogens is 3. The van der Waals surface area contributed by atoms with Gasteiger partial charge in [-0.15, -0.1) is 0 Å². The smallest absolute Gasteiger partial charge is 0.160 e. The van der Waals surface area contributed by atoms with E-state index in [2.05, 4.69) is 23.4 Å². The summed E-state index contributed by atoms with van der Waals surface area (Å²) in [5, 5.41) is 0. The predicted molar refractivity (Wildman–Crippen MR) is 72.5 cm³/mol. The van der Waals surface area contributed by atoms with E-state index < -0.39 is 0 Å². The maximum absolute atomic E-state index is 6.02. The fourth-order valence-electron chi connectivity index (χ4n) is 2.92. The van der Waals surface area contributed by atoms with Crippen molar-refractivity contribution in [1.29, 1.82) is 0 Å². The number of fused-ring (bicyclic) bond motifs is 1. The largest absolute Gasteiger partial charge is 0.329 e. The molecule has 4 heteroatoms. The van der Waals surface area contributed by atoms with Gasteiger partial charge in [0.25, 0.3) is 0 Å². The van der Waals surface area contributed by atoms with Crippen LogP contribution in [0.2, 0.25) is 0 Å². The first-order valence-corrected chi connectivity index (χ1v) is 6.71. The number of nitrogens with zero attached hydrogens (tertiary/aromatic N) is 3. The van der Waals surface area contributed by atoms with Gasteiger partial charge in [0.2, 0.25) is 0 Å². The fourth-order valence-corrected chi connectivity index (χ4v) is 2.92. The molecule has 96 valence electrons. The molecule has 2 aromatic heterocycles. The Morgan fingerprint density at radius 1 is 1.44 bits per heavy atom. The third kappa shape index (κ3) is 1.48. The lowest BCUT2D eigenvalue weighted by Crippen LogP contribution is -2.44. The van der Waals surface area contributed by atoms with Gasteiger partial charge in [-0.1, -0.05) is 6.42 Å². The van der Waals surface area contributed by atoms with Crippen molar-refractivity contribution in [1.82, 2.24) is 14.5 Å². The summed E-state index contributed by atoms with van der Waals surface area (Å²) in [5.74, 6) is 1.14. The molecular weight excluding hydrogens is 224 g/mol. The number of hydrogen-bond donors (Lipinski definition) is 1. The zero-order valence-electron chi connectivity index (χ0n) is 11.1. The van der Waals surface area contributed by atoms with Crippen LogP contribution in [0.5, 0.6) is 0 Å². The van der Waals surface area contributed by atoms with E-state index in [4.69, 9.17) is 10.7 Å². The van der Waals surface area contributed by atoms with E-state index >= 15 is 0 Å². The number of pyridine rings is 1. The highest BCUT2D eigenvalue weighted by molar-refractivity contribution is 5.71. The van der Waals surface area contributed by atoms with Crippen LogP contribution in [0, 0.1) is 0 Å². The highest BCUT2D eigenvalue weighted by Gasteiger charge is 2.42. The van der Waals surface area contributed by atoms with E-state index in [1.54, 1.807) is 0 Å². The molecule has 0 aromatic carbocycles. The average Bonchev–Trinajstić information content (AvgIpc) is 2.67. The topological polar surface area (TPSA) is 56.7 Å². The molecule has 2 heterocycles. The Hall–Kier alpha value is -1.42. The van der Waals surface area contributed by atoms with Gasteiger partial charge in [0.15, 0.2) is 5.65 Å². The summed E-state index contributed by atoms with van der Waals surface area (Å²) in [5.41, 5.74) is 8.08. The van der Waals surface area contributed by atoms with Crippen LogP contribution in [-0.4, -0.2) is 21.1 Å². The second-order valence-corrected chi connectivity index (χ2v) is 5.58. The molecule has 0 aliphatic heterocycles. The third-order valence-corrected chi connectivity index (χ3v) is 4.14. The van der Waals surface area contributed by atoms with Crippen LogP contribution in [0.15, 0.2) is 18.3 Å². The van der Waals surface area contributed by atoms with Gasteiger partial charge in [-0.25, -0.2) is 9.97 Å². The molecule has 0 radical (unpaired) electrons. The molecule has 1 fully saturated rings. The molecule has 0 atom stereocenters. The monoisotopic (exact) mass is 244 g/mol. The van der Waals surface area contributed by atoms with Gasteiger partial charge in [0.1, 0.15) is 11.3 Å². The SMILES string of the molecule is CC(C)n1c(C2(CN)CCC2)nc2cccnc21. The van der Waals surface area contributed by atoms with Gasteiger partial charge >= 0.3 is 0 Å². The number of imidazole rings is 1. The Balaban J connectivity index is 2.25. The first kappa shape index (κ1) is 11.7. The lowest BCUT2D eigenvalue weighted by atomic mass is 9.68. The maximum atomic E-state index is 6.02. The Kier molecular flexibility index (Phi) is 2.63. The van der Waals surface area contributed by atoms with E-state index in [9.17, 15) is 0 Å². The molecule has 0 amide bonds. The summed E-state index contributed by atoms with van der Waals surface area (Å²) < 4.78 is 2.27. The minimum Gasteiger partial charge on any atom is -0.329 e. The average molecular weight is 244 g/mol. The second kappa shape index (κ2) is 4.05. The second-order valence-electron chi connectivity index (χ2n) is 5.58. The first-order chi connectivity index (χ1) is 8.68. The van der Waals surface area contributed by atoms with Crippen LogP contribution >= 0.6 is 0 Å². The van der Waals surface area contributed by atoms with E-state index in [0.717, 1.165) is 29.8 Å².